The van der Waals surface area contributed by atoms with Gasteiger partial charge < -0.3 is 38.4 Å². The number of piperidine rings is 2. The third kappa shape index (κ3) is 13.6. The Morgan fingerprint density at radius 2 is 1.11 bits per heavy atom. The lowest BCUT2D eigenvalue weighted by molar-refractivity contribution is 0.135. The second kappa shape index (κ2) is 24.7. The van der Waals surface area contributed by atoms with Crippen LogP contribution in [0.3, 0.4) is 0 Å². The van der Waals surface area contributed by atoms with E-state index in [0.29, 0.717) is 34.4 Å². The van der Waals surface area contributed by atoms with Gasteiger partial charge in [0.2, 0.25) is 0 Å². The minimum absolute atomic E-state index is 0.0480. The molecular formula is C49H67N7O7. The first-order valence-corrected chi connectivity index (χ1v) is 22.2. The van der Waals surface area contributed by atoms with Crippen LogP contribution in [0.1, 0.15) is 65.7 Å². The summed E-state index contributed by atoms with van der Waals surface area (Å²) in [7, 11) is 8.24. The highest BCUT2D eigenvalue weighted by Crippen LogP contribution is 2.33. The Morgan fingerprint density at radius 3 is 1.59 bits per heavy atom. The summed E-state index contributed by atoms with van der Waals surface area (Å²) in [6.07, 6.45) is 14.6. The Morgan fingerprint density at radius 1 is 0.635 bits per heavy atom. The molecule has 0 radical (unpaired) electrons. The third-order valence-corrected chi connectivity index (χ3v) is 11.7. The number of rotatable bonds is 13. The van der Waals surface area contributed by atoms with Crippen molar-refractivity contribution in [2.24, 2.45) is 5.92 Å². The van der Waals surface area contributed by atoms with Crippen LogP contribution in [-0.2, 0) is 0 Å². The van der Waals surface area contributed by atoms with Crippen LogP contribution in [-0.4, -0.2) is 127 Å². The summed E-state index contributed by atoms with van der Waals surface area (Å²) in [4.78, 5) is 40.6. The third-order valence-electron chi connectivity index (χ3n) is 11.7. The molecule has 3 aromatic carbocycles. The number of likely N-dealkylation sites (tertiary alicyclic amines) is 2. The summed E-state index contributed by atoms with van der Waals surface area (Å²) < 4.78 is 29.2. The lowest BCUT2D eigenvalue weighted by Gasteiger charge is -2.36. The molecule has 14 heteroatoms. The zero-order valence-electron chi connectivity index (χ0n) is 38.5. The highest BCUT2D eigenvalue weighted by atomic mass is 16.6. The Bertz CT molecular complexity index is 2140. The van der Waals surface area contributed by atoms with E-state index >= 15 is 0 Å². The average Bonchev–Trinajstić information content (AvgIpc) is 4.04. The number of benzene rings is 3. The topological polar surface area (TPSA) is 126 Å². The number of hydrogen-bond donors (Lipinski definition) is 0. The molecule has 1 amide bonds. The van der Waals surface area contributed by atoms with Crippen molar-refractivity contribution in [2.45, 2.75) is 71.8 Å². The van der Waals surface area contributed by atoms with E-state index in [4.69, 9.17) is 23.7 Å². The number of imidazole rings is 2. The largest absolute Gasteiger partial charge is 0.493 e. The van der Waals surface area contributed by atoms with E-state index < -0.39 is 6.09 Å². The smallest absolute Gasteiger partial charge is 0.424 e. The SMILES string of the molecule is CCCN1CCC(CC)CC1.CCCN1CCC(N(C)C(=O)n2cnc(-c3ccc(OC)c(OC)c3)c2)CC1.COc1ccc(-c2cn(C(=O)Oc3ccccc3)cn2)cc1OC. The van der Waals surface area contributed by atoms with Gasteiger partial charge in [-0.1, -0.05) is 45.4 Å². The summed E-state index contributed by atoms with van der Waals surface area (Å²) in [6.45, 7) is 14.1. The van der Waals surface area contributed by atoms with Gasteiger partial charge in [-0.15, -0.1) is 0 Å². The van der Waals surface area contributed by atoms with E-state index in [2.05, 4.69) is 40.5 Å². The number of carbonyl (C=O) groups is 2. The molecule has 0 saturated carbocycles. The fourth-order valence-electron chi connectivity index (χ4n) is 7.90. The summed E-state index contributed by atoms with van der Waals surface area (Å²) in [5.41, 5.74) is 3.03. The second-order valence-electron chi connectivity index (χ2n) is 15.8. The number of aromatic nitrogens is 4. The monoisotopic (exact) mass is 866 g/mol. The molecule has 5 aromatic rings. The van der Waals surface area contributed by atoms with Gasteiger partial charge in [0.25, 0.3) is 0 Å². The van der Waals surface area contributed by atoms with E-state index in [9.17, 15) is 9.59 Å². The Labute approximate surface area is 373 Å². The quantitative estimate of drug-likeness (QED) is 0.112. The standard InChI is InChI=1S/C21H30N4O3.C18H16N2O4.C10H21N/c1-5-10-24-11-8-17(9-12-24)23(2)21(26)25-14-18(22-15-25)16-6-7-19(27-3)20(13-16)28-4;1-22-16-9-8-13(10-17(16)23-2)15-11-20(12-19-15)18(21)24-14-6-4-3-5-7-14;1-3-7-11-8-5-10(4-2)6-9-11/h6-7,13-15,17H,5,8-12H2,1-4H3;3-12H,1-2H3;10H,3-9H2,1-2H3. The number of nitrogens with zero attached hydrogens (tertiary/aromatic N) is 7. The summed E-state index contributed by atoms with van der Waals surface area (Å²) in [5.74, 6) is 4.03. The molecule has 63 heavy (non-hydrogen) atoms. The number of carbonyl (C=O) groups excluding carboxylic acids is 2. The first-order valence-electron chi connectivity index (χ1n) is 22.2. The molecule has 14 nitrogen and oxygen atoms in total. The van der Waals surface area contributed by atoms with Crippen molar-refractivity contribution >= 4 is 12.1 Å². The molecule has 0 aliphatic carbocycles. The van der Waals surface area contributed by atoms with Crippen molar-refractivity contribution < 1.29 is 33.3 Å². The van der Waals surface area contributed by atoms with Crippen molar-refractivity contribution in [1.29, 1.82) is 0 Å². The van der Waals surface area contributed by atoms with E-state index in [1.54, 1.807) is 88.1 Å². The molecule has 7 rings (SSSR count). The molecule has 0 N–H and O–H groups in total. The fourth-order valence-corrected chi connectivity index (χ4v) is 7.90. The van der Waals surface area contributed by atoms with Crippen molar-refractivity contribution in [3.8, 4) is 51.3 Å². The molecule has 4 heterocycles. The molecule has 0 spiro atoms. The van der Waals surface area contributed by atoms with Crippen molar-refractivity contribution in [3.05, 3.63) is 91.8 Å². The molecule has 0 atom stereocenters. The molecule has 0 bridgehead atoms. The molecule has 2 aliphatic rings. The van der Waals surface area contributed by atoms with Gasteiger partial charge in [0.1, 0.15) is 18.4 Å². The van der Waals surface area contributed by atoms with Gasteiger partial charge in [0.05, 0.1) is 39.8 Å². The summed E-state index contributed by atoms with van der Waals surface area (Å²) in [6, 6.07) is 20.1. The molecule has 2 aliphatic heterocycles. The zero-order chi connectivity index (χ0) is 45.1. The van der Waals surface area contributed by atoms with E-state index in [1.165, 1.54) is 62.6 Å². The van der Waals surface area contributed by atoms with Gasteiger partial charge in [-0.2, -0.15) is 0 Å². The van der Waals surface area contributed by atoms with E-state index in [0.717, 1.165) is 55.2 Å². The Kier molecular flexibility index (Phi) is 18.9. The van der Waals surface area contributed by atoms with Crippen molar-refractivity contribution in [3.63, 3.8) is 0 Å². The van der Waals surface area contributed by atoms with Crippen molar-refractivity contribution in [2.75, 3.05) is 74.8 Å². The zero-order valence-corrected chi connectivity index (χ0v) is 38.5. The molecule has 2 fully saturated rings. The van der Waals surface area contributed by atoms with Crippen LogP contribution < -0.4 is 23.7 Å². The summed E-state index contributed by atoms with van der Waals surface area (Å²) >= 11 is 0. The van der Waals surface area contributed by atoms with Crippen LogP contribution in [0.2, 0.25) is 0 Å². The second-order valence-corrected chi connectivity index (χ2v) is 15.8. The minimum atomic E-state index is -0.527. The predicted octanol–water partition coefficient (Wildman–Crippen LogP) is 9.47. The number of methoxy groups -OCH3 is 4. The maximum absolute atomic E-state index is 12.9. The first kappa shape index (κ1) is 48.2. The number of ether oxygens (including phenoxy) is 5. The van der Waals surface area contributed by atoms with E-state index in [1.807, 2.05) is 42.3 Å². The molecule has 340 valence electrons. The van der Waals surface area contributed by atoms with Crippen LogP contribution in [0.15, 0.2) is 91.8 Å². The van der Waals surface area contributed by atoms with Gasteiger partial charge in [0.15, 0.2) is 23.0 Å². The maximum Gasteiger partial charge on any atom is 0.424 e. The van der Waals surface area contributed by atoms with Crippen LogP contribution >= 0.6 is 0 Å². The summed E-state index contributed by atoms with van der Waals surface area (Å²) in [5, 5.41) is 0. The molecule has 2 aromatic heterocycles. The van der Waals surface area contributed by atoms with E-state index in [-0.39, 0.29) is 12.1 Å². The van der Waals surface area contributed by atoms with Gasteiger partial charge in [-0.3, -0.25) is 4.57 Å². The molecule has 2 saturated heterocycles. The van der Waals surface area contributed by atoms with Crippen LogP contribution in [0.5, 0.6) is 28.7 Å². The van der Waals surface area contributed by atoms with Crippen LogP contribution in [0, 0.1) is 5.92 Å². The van der Waals surface area contributed by atoms with Crippen LogP contribution in [0.25, 0.3) is 22.5 Å². The van der Waals surface area contributed by atoms with Crippen LogP contribution in [0.4, 0.5) is 9.59 Å². The van der Waals surface area contributed by atoms with Gasteiger partial charge in [-0.05, 0) is 119 Å². The lowest BCUT2D eigenvalue weighted by atomic mass is 9.94. The van der Waals surface area contributed by atoms with Gasteiger partial charge >= 0.3 is 12.1 Å². The highest BCUT2D eigenvalue weighted by molar-refractivity contribution is 5.78. The Balaban J connectivity index is 0.000000194. The normalized spacial score (nSPS) is 14.7. The maximum atomic E-state index is 12.9. The van der Waals surface area contributed by atoms with Crippen molar-refractivity contribution in [1.82, 2.24) is 33.8 Å². The first-order chi connectivity index (χ1) is 30.6. The Hall–Kier alpha value is -5.86. The fraction of sp³-hybridized carbons (Fsp3) is 0.469. The van der Waals surface area contributed by atoms with Gasteiger partial charge in [-0.25, -0.2) is 24.1 Å². The molecule has 0 unspecified atom stereocenters. The number of hydrogen-bond acceptors (Lipinski definition) is 11. The number of para-hydroxylation sites is 1. The van der Waals surface area contributed by atoms with Gasteiger partial charge in [0, 0.05) is 49.7 Å². The lowest BCUT2D eigenvalue weighted by Crippen LogP contribution is -2.46. The molecular weight excluding hydrogens is 799 g/mol. The average molecular weight is 866 g/mol. The minimum Gasteiger partial charge on any atom is -0.493 e. The highest BCUT2D eigenvalue weighted by Gasteiger charge is 2.26. The predicted molar refractivity (Wildman–Crippen MR) is 247 cm³/mol. The number of amides is 1.